The van der Waals surface area contributed by atoms with Gasteiger partial charge in [-0.3, -0.25) is 0 Å². The first-order chi connectivity index (χ1) is 15.9. The number of hydrogen-bond acceptors (Lipinski definition) is 2. The zero-order valence-electron chi connectivity index (χ0n) is 17.6. The second kappa shape index (κ2) is 7.86. The zero-order valence-corrected chi connectivity index (χ0v) is 17.6. The van der Waals surface area contributed by atoms with Crippen molar-refractivity contribution in [2.45, 2.75) is 5.92 Å². The number of imidazole rings is 1. The minimum Gasteiger partial charge on any atom is -0.384 e. The molecule has 0 spiro atoms. The molecule has 5 aromatic rings. The monoisotopic (exact) mass is 413 g/mol. The molecule has 3 nitrogen and oxygen atoms in total. The molecular weight excluding hydrogens is 390 g/mol. The first-order valence-electron chi connectivity index (χ1n) is 11.0. The number of para-hydroxylation sites is 1. The van der Waals surface area contributed by atoms with Gasteiger partial charge in [-0.05, 0) is 22.8 Å². The summed E-state index contributed by atoms with van der Waals surface area (Å²) in [5.74, 6) is 1.22. The lowest BCUT2D eigenvalue weighted by Gasteiger charge is -2.07. The van der Waals surface area contributed by atoms with Crippen LogP contribution >= 0.6 is 0 Å². The summed E-state index contributed by atoms with van der Waals surface area (Å²) in [6.45, 7) is 0.855. The van der Waals surface area contributed by atoms with Gasteiger partial charge in [0.05, 0.1) is 17.3 Å². The summed E-state index contributed by atoms with van der Waals surface area (Å²) >= 11 is 0. The van der Waals surface area contributed by atoms with Gasteiger partial charge in [-0.25, -0.2) is 4.98 Å². The van der Waals surface area contributed by atoms with Crippen LogP contribution in [0, 0.1) is 0 Å². The SMILES string of the molecule is c1ccc(-c2ccc(-c3[nH]c(C4CNc5ccccc54)nc3-c3ccccc3)cc2)cc1. The Labute approximate surface area is 187 Å². The summed E-state index contributed by atoms with van der Waals surface area (Å²) in [6.07, 6.45) is 0. The molecule has 2 N–H and O–H groups in total. The predicted molar refractivity (Wildman–Crippen MR) is 132 cm³/mol. The summed E-state index contributed by atoms with van der Waals surface area (Å²) in [4.78, 5) is 8.81. The quantitative estimate of drug-likeness (QED) is 0.334. The predicted octanol–water partition coefficient (Wildman–Crippen LogP) is 6.97. The molecule has 0 saturated carbocycles. The van der Waals surface area contributed by atoms with E-state index in [0.717, 1.165) is 34.9 Å². The summed E-state index contributed by atoms with van der Waals surface area (Å²) in [5.41, 5.74) is 9.26. The molecule has 0 aliphatic carbocycles. The Hall–Kier alpha value is -4.11. The Balaban J connectivity index is 1.44. The summed E-state index contributed by atoms with van der Waals surface area (Å²) < 4.78 is 0. The molecule has 1 unspecified atom stereocenters. The minimum absolute atomic E-state index is 0.214. The Morgan fingerprint density at radius 2 is 1.19 bits per heavy atom. The van der Waals surface area contributed by atoms with Crippen molar-refractivity contribution in [1.82, 2.24) is 9.97 Å². The molecule has 154 valence electrons. The largest absolute Gasteiger partial charge is 0.384 e. The van der Waals surface area contributed by atoms with Gasteiger partial charge < -0.3 is 10.3 Å². The second-order valence-electron chi connectivity index (χ2n) is 8.18. The molecule has 0 fully saturated rings. The molecule has 32 heavy (non-hydrogen) atoms. The average Bonchev–Trinajstić information content (AvgIpc) is 3.50. The van der Waals surface area contributed by atoms with E-state index in [1.807, 2.05) is 12.1 Å². The molecule has 0 amide bonds. The van der Waals surface area contributed by atoms with Crippen molar-refractivity contribution in [2.24, 2.45) is 0 Å². The van der Waals surface area contributed by atoms with E-state index in [1.165, 1.54) is 22.4 Å². The van der Waals surface area contributed by atoms with Crippen molar-refractivity contribution < 1.29 is 0 Å². The number of benzene rings is 4. The van der Waals surface area contributed by atoms with E-state index in [1.54, 1.807) is 0 Å². The van der Waals surface area contributed by atoms with Crippen LogP contribution in [-0.4, -0.2) is 16.5 Å². The zero-order chi connectivity index (χ0) is 21.3. The Bertz CT molecular complexity index is 1350. The van der Waals surface area contributed by atoms with Gasteiger partial charge in [0.15, 0.2) is 0 Å². The fraction of sp³-hybridized carbons (Fsp3) is 0.0690. The molecule has 0 saturated heterocycles. The first-order valence-corrected chi connectivity index (χ1v) is 11.0. The van der Waals surface area contributed by atoms with Crippen molar-refractivity contribution >= 4 is 5.69 Å². The number of aromatic amines is 1. The molecule has 1 aliphatic heterocycles. The maximum atomic E-state index is 5.12. The maximum absolute atomic E-state index is 5.12. The van der Waals surface area contributed by atoms with Crippen LogP contribution in [0.3, 0.4) is 0 Å². The Morgan fingerprint density at radius 1 is 0.594 bits per heavy atom. The van der Waals surface area contributed by atoms with E-state index in [4.69, 9.17) is 4.98 Å². The Morgan fingerprint density at radius 3 is 1.94 bits per heavy atom. The van der Waals surface area contributed by atoms with Crippen LogP contribution in [0.4, 0.5) is 5.69 Å². The smallest absolute Gasteiger partial charge is 0.116 e. The van der Waals surface area contributed by atoms with Gasteiger partial charge in [0, 0.05) is 23.4 Å². The first kappa shape index (κ1) is 18.6. The lowest BCUT2D eigenvalue weighted by Crippen LogP contribution is -2.05. The number of hydrogen-bond donors (Lipinski definition) is 2. The standard InChI is InChI=1S/C29H23N3/c1-3-9-20(10-4-1)21-15-17-23(18-16-21)28-27(22-11-5-2-6-12-22)31-29(32-28)25-19-30-26-14-8-7-13-24(25)26/h1-18,25,30H,19H2,(H,31,32). The van der Waals surface area contributed by atoms with Gasteiger partial charge in [0.2, 0.25) is 0 Å². The van der Waals surface area contributed by atoms with Gasteiger partial charge in [-0.15, -0.1) is 0 Å². The lowest BCUT2D eigenvalue weighted by molar-refractivity contribution is 0.832. The van der Waals surface area contributed by atoms with Gasteiger partial charge in [0.1, 0.15) is 5.82 Å². The fourth-order valence-electron chi connectivity index (χ4n) is 4.56. The third-order valence-electron chi connectivity index (χ3n) is 6.21. The number of aromatic nitrogens is 2. The molecule has 2 heterocycles. The number of anilines is 1. The number of fused-ring (bicyclic) bond motifs is 1. The van der Waals surface area contributed by atoms with Gasteiger partial charge in [0.25, 0.3) is 0 Å². The molecule has 0 radical (unpaired) electrons. The topological polar surface area (TPSA) is 40.7 Å². The third kappa shape index (κ3) is 3.28. The van der Waals surface area contributed by atoms with Gasteiger partial charge in [-0.2, -0.15) is 0 Å². The lowest BCUT2D eigenvalue weighted by atomic mass is 10.0. The van der Waals surface area contributed by atoms with E-state index in [0.29, 0.717) is 0 Å². The molecule has 1 aliphatic rings. The van der Waals surface area contributed by atoms with Crippen molar-refractivity contribution in [3.8, 4) is 33.6 Å². The van der Waals surface area contributed by atoms with E-state index >= 15 is 0 Å². The van der Waals surface area contributed by atoms with Crippen LogP contribution in [-0.2, 0) is 0 Å². The van der Waals surface area contributed by atoms with Crippen LogP contribution in [0.25, 0.3) is 33.6 Å². The summed E-state index contributed by atoms with van der Waals surface area (Å²) in [6, 6.07) is 38.2. The van der Waals surface area contributed by atoms with E-state index in [9.17, 15) is 0 Å². The fourth-order valence-corrected chi connectivity index (χ4v) is 4.56. The highest BCUT2D eigenvalue weighted by atomic mass is 15.0. The number of H-pyrrole nitrogens is 1. The van der Waals surface area contributed by atoms with Crippen molar-refractivity contribution in [3.05, 3.63) is 121 Å². The van der Waals surface area contributed by atoms with Crippen LogP contribution in [0.1, 0.15) is 17.3 Å². The van der Waals surface area contributed by atoms with Crippen LogP contribution in [0.2, 0.25) is 0 Å². The second-order valence-corrected chi connectivity index (χ2v) is 8.18. The highest BCUT2D eigenvalue weighted by Gasteiger charge is 2.27. The molecular formula is C29H23N3. The molecule has 0 bridgehead atoms. The Kier molecular flexibility index (Phi) is 4.58. The van der Waals surface area contributed by atoms with Crippen molar-refractivity contribution in [3.63, 3.8) is 0 Å². The highest BCUT2D eigenvalue weighted by molar-refractivity contribution is 5.80. The van der Waals surface area contributed by atoms with E-state index in [2.05, 4.69) is 107 Å². The van der Waals surface area contributed by atoms with Crippen molar-refractivity contribution in [1.29, 1.82) is 0 Å². The number of nitrogens with zero attached hydrogens (tertiary/aromatic N) is 1. The molecule has 1 atom stereocenters. The van der Waals surface area contributed by atoms with E-state index < -0.39 is 0 Å². The molecule has 3 heteroatoms. The van der Waals surface area contributed by atoms with Crippen molar-refractivity contribution in [2.75, 3.05) is 11.9 Å². The number of nitrogens with one attached hydrogen (secondary N) is 2. The number of rotatable bonds is 4. The van der Waals surface area contributed by atoms with Gasteiger partial charge >= 0.3 is 0 Å². The summed E-state index contributed by atoms with van der Waals surface area (Å²) in [5, 5.41) is 3.52. The third-order valence-corrected chi connectivity index (χ3v) is 6.21. The highest BCUT2D eigenvalue weighted by Crippen LogP contribution is 2.38. The van der Waals surface area contributed by atoms with E-state index in [-0.39, 0.29) is 5.92 Å². The molecule has 1 aromatic heterocycles. The van der Waals surface area contributed by atoms with Crippen LogP contribution in [0.5, 0.6) is 0 Å². The molecule has 6 rings (SSSR count). The van der Waals surface area contributed by atoms with Crippen LogP contribution in [0.15, 0.2) is 109 Å². The normalized spacial score (nSPS) is 14.7. The maximum Gasteiger partial charge on any atom is 0.116 e. The minimum atomic E-state index is 0.214. The average molecular weight is 414 g/mol. The molecule has 4 aromatic carbocycles. The summed E-state index contributed by atoms with van der Waals surface area (Å²) in [7, 11) is 0. The van der Waals surface area contributed by atoms with Gasteiger partial charge in [-0.1, -0.05) is 103 Å². The van der Waals surface area contributed by atoms with Crippen LogP contribution < -0.4 is 5.32 Å².